The number of rotatable bonds is 2. The molecule has 0 atom stereocenters. The predicted molar refractivity (Wildman–Crippen MR) is 90.7 cm³/mol. The van der Waals surface area contributed by atoms with Crippen molar-refractivity contribution >= 4 is 39.1 Å². The number of hydrogen-bond donors (Lipinski definition) is 1. The average molecular weight is 306 g/mol. The van der Waals surface area contributed by atoms with Crippen molar-refractivity contribution in [1.82, 2.24) is 4.98 Å². The lowest BCUT2D eigenvalue weighted by Crippen LogP contribution is -2.01. The third-order valence-corrected chi connectivity index (χ3v) is 4.16. The predicted octanol–water partition coefficient (Wildman–Crippen LogP) is 5.21. The summed E-state index contributed by atoms with van der Waals surface area (Å²) >= 11 is 6.07. The summed E-state index contributed by atoms with van der Waals surface area (Å²) < 4.78 is 0. The fraction of sp³-hybridized carbons (Fsp3) is 0. The topological polar surface area (TPSA) is 32.9 Å². The van der Waals surface area contributed by atoms with Gasteiger partial charge in [-0.2, -0.15) is 0 Å². The second-order valence-electron chi connectivity index (χ2n) is 5.25. The van der Waals surface area contributed by atoms with Crippen LogP contribution in [0.25, 0.3) is 21.7 Å². The van der Waals surface area contributed by atoms with E-state index in [1.807, 2.05) is 60.7 Å². The first kappa shape index (κ1) is 13.1. The minimum atomic E-state index is 0.00492. The fourth-order valence-corrected chi connectivity index (χ4v) is 3.02. The molecule has 1 aromatic heterocycles. The largest absolute Gasteiger partial charge is 0.360 e. The van der Waals surface area contributed by atoms with Crippen LogP contribution in [0.1, 0.15) is 15.9 Å². The number of halogens is 1. The zero-order valence-corrected chi connectivity index (χ0v) is 12.4. The SMILES string of the molecule is O=C(c1cccc2ccccc12)c1c[nH]c2ccc(Cl)cc12. The Hall–Kier alpha value is -2.58. The number of aromatic nitrogens is 1. The highest BCUT2D eigenvalue weighted by molar-refractivity contribution is 6.32. The molecule has 4 rings (SSSR count). The molecule has 0 unspecified atom stereocenters. The van der Waals surface area contributed by atoms with Crippen LogP contribution in [-0.2, 0) is 0 Å². The normalized spacial score (nSPS) is 11.1. The van der Waals surface area contributed by atoms with Crippen molar-refractivity contribution in [2.45, 2.75) is 0 Å². The Morgan fingerprint density at radius 1 is 0.864 bits per heavy atom. The van der Waals surface area contributed by atoms with Crippen molar-refractivity contribution in [2.24, 2.45) is 0 Å². The van der Waals surface area contributed by atoms with E-state index in [0.29, 0.717) is 16.1 Å². The number of H-pyrrole nitrogens is 1. The third kappa shape index (κ3) is 2.00. The summed E-state index contributed by atoms with van der Waals surface area (Å²) in [6.07, 6.45) is 1.76. The summed E-state index contributed by atoms with van der Waals surface area (Å²) in [5.74, 6) is 0.00492. The molecule has 1 N–H and O–H groups in total. The Labute approximate surface area is 132 Å². The van der Waals surface area contributed by atoms with E-state index >= 15 is 0 Å². The lowest BCUT2D eigenvalue weighted by atomic mass is 9.97. The lowest BCUT2D eigenvalue weighted by Gasteiger charge is -2.05. The minimum absolute atomic E-state index is 0.00492. The van der Waals surface area contributed by atoms with Crippen molar-refractivity contribution in [3.8, 4) is 0 Å². The smallest absolute Gasteiger partial charge is 0.195 e. The van der Waals surface area contributed by atoms with Gasteiger partial charge >= 0.3 is 0 Å². The highest BCUT2D eigenvalue weighted by Gasteiger charge is 2.16. The Morgan fingerprint density at radius 2 is 1.68 bits per heavy atom. The fourth-order valence-electron chi connectivity index (χ4n) is 2.85. The molecular formula is C19H12ClNO. The van der Waals surface area contributed by atoms with E-state index in [9.17, 15) is 4.79 Å². The molecule has 2 nitrogen and oxygen atoms in total. The van der Waals surface area contributed by atoms with E-state index < -0.39 is 0 Å². The van der Waals surface area contributed by atoms with Gasteiger partial charge in [-0.25, -0.2) is 0 Å². The highest BCUT2D eigenvalue weighted by atomic mass is 35.5. The number of benzene rings is 3. The van der Waals surface area contributed by atoms with Crippen LogP contribution in [0.4, 0.5) is 0 Å². The summed E-state index contributed by atoms with van der Waals surface area (Å²) in [5.41, 5.74) is 2.26. The number of ketones is 1. The molecule has 0 aliphatic carbocycles. The van der Waals surface area contributed by atoms with Gasteiger partial charge in [-0.1, -0.05) is 54.1 Å². The first-order valence-electron chi connectivity index (χ1n) is 7.03. The molecule has 0 aliphatic heterocycles. The molecule has 0 saturated heterocycles. The number of hydrogen-bond acceptors (Lipinski definition) is 1. The van der Waals surface area contributed by atoms with Gasteiger partial charge in [0.15, 0.2) is 5.78 Å². The van der Waals surface area contributed by atoms with Gasteiger partial charge < -0.3 is 4.98 Å². The number of aromatic amines is 1. The van der Waals surface area contributed by atoms with Crippen LogP contribution in [-0.4, -0.2) is 10.8 Å². The number of carbonyl (C=O) groups excluding carboxylic acids is 1. The zero-order valence-electron chi connectivity index (χ0n) is 11.6. The third-order valence-electron chi connectivity index (χ3n) is 3.92. The molecular weight excluding hydrogens is 294 g/mol. The Bertz CT molecular complexity index is 1010. The van der Waals surface area contributed by atoms with Gasteiger partial charge in [-0.05, 0) is 29.0 Å². The maximum absolute atomic E-state index is 13.0. The standard InChI is InChI=1S/C19H12ClNO/c20-13-8-9-18-16(10-13)17(11-21-18)19(22)15-7-3-5-12-4-1-2-6-14(12)15/h1-11,21H. The second kappa shape index (κ2) is 5.00. The molecule has 106 valence electrons. The first-order valence-corrected chi connectivity index (χ1v) is 7.41. The second-order valence-corrected chi connectivity index (χ2v) is 5.68. The lowest BCUT2D eigenvalue weighted by molar-refractivity contribution is 0.104. The van der Waals surface area contributed by atoms with E-state index in [1.165, 1.54) is 0 Å². The molecule has 1 heterocycles. The van der Waals surface area contributed by atoms with Crippen molar-refractivity contribution in [1.29, 1.82) is 0 Å². The van der Waals surface area contributed by atoms with E-state index in [2.05, 4.69) is 4.98 Å². The maximum atomic E-state index is 13.0. The molecule has 3 heteroatoms. The quantitative estimate of drug-likeness (QED) is 0.507. The van der Waals surface area contributed by atoms with Gasteiger partial charge in [0.1, 0.15) is 0 Å². The van der Waals surface area contributed by atoms with Gasteiger partial charge in [-0.15, -0.1) is 0 Å². The Kier molecular flexibility index (Phi) is 2.98. The van der Waals surface area contributed by atoms with Gasteiger partial charge in [0.2, 0.25) is 0 Å². The van der Waals surface area contributed by atoms with Crippen LogP contribution in [0.15, 0.2) is 66.9 Å². The molecule has 4 aromatic rings. The van der Waals surface area contributed by atoms with Crippen LogP contribution < -0.4 is 0 Å². The van der Waals surface area contributed by atoms with E-state index in [1.54, 1.807) is 6.20 Å². The van der Waals surface area contributed by atoms with Crippen molar-refractivity contribution in [2.75, 3.05) is 0 Å². The van der Waals surface area contributed by atoms with Crippen LogP contribution >= 0.6 is 11.6 Å². The summed E-state index contributed by atoms with van der Waals surface area (Å²) in [7, 11) is 0. The van der Waals surface area contributed by atoms with Crippen LogP contribution in [0, 0.1) is 0 Å². The molecule has 0 aliphatic rings. The Morgan fingerprint density at radius 3 is 2.59 bits per heavy atom. The van der Waals surface area contributed by atoms with Gasteiger partial charge in [-0.3, -0.25) is 4.79 Å². The number of carbonyl (C=O) groups is 1. The zero-order chi connectivity index (χ0) is 15.1. The Balaban J connectivity index is 1.94. The number of nitrogens with one attached hydrogen (secondary N) is 1. The van der Waals surface area contributed by atoms with Gasteiger partial charge in [0.25, 0.3) is 0 Å². The van der Waals surface area contributed by atoms with E-state index in [-0.39, 0.29) is 5.78 Å². The van der Waals surface area contributed by atoms with Crippen LogP contribution in [0.3, 0.4) is 0 Å². The number of fused-ring (bicyclic) bond motifs is 2. The van der Waals surface area contributed by atoms with Gasteiger partial charge in [0.05, 0.1) is 0 Å². The van der Waals surface area contributed by atoms with Crippen LogP contribution in [0.5, 0.6) is 0 Å². The highest BCUT2D eigenvalue weighted by Crippen LogP contribution is 2.27. The summed E-state index contributed by atoms with van der Waals surface area (Å²) in [6, 6.07) is 19.2. The molecule has 0 bridgehead atoms. The summed E-state index contributed by atoms with van der Waals surface area (Å²) in [4.78, 5) is 16.1. The van der Waals surface area contributed by atoms with E-state index in [0.717, 1.165) is 21.7 Å². The molecule has 22 heavy (non-hydrogen) atoms. The summed E-state index contributed by atoms with van der Waals surface area (Å²) in [6.45, 7) is 0. The molecule has 0 radical (unpaired) electrons. The van der Waals surface area contributed by atoms with Crippen molar-refractivity contribution in [3.05, 3.63) is 83.0 Å². The molecule has 0 fully saturated rings. The van der Waals surface area contributed by atoms with Gasteiger partial charge in [0, 0.05) is 33.2 Å². The van der Waals surface area contributed by atoms with E-state index in [4.69, 9.17) is 11.6 Å². The molecule has 0 saturated carbocycles. The summed E-state index contributed by atoms with van der Waals surface area (Å²) in [5, 5.41) is 3.50. The monoisotopic (exact) mass is 305 g/mol. The molecule has 0 spiro atoms. The molecule has 0 amide bonds. The maximum Gasteiger partial charge on any atom is 0.195 e. The first-order chi connectivity index (χ1) is 10.7. The van der Waals surface area contributed by atoms with Crippen molar-refractivity contribution < 1.29 is 4.79 Å². The van der Waals surface area contributed by atoms with Crippen LogP contribution in [0.2, 0.25) is 5.02 Å². The average Bonchev–Trinajstić information content (AvgIpc) is 2.96. The van der Waals surface area contributed by atoms with Crippen molar-refractivity contribution in [3.63, 3.8) is 0 Å². The minimum Gasteiger partial charge on any atom is -0.360 e. The molecule has 3 aromatic carbocycles.